The first-order chi connectivity index (χ1) is 17.1. The van der Waals surface area contributed by atoms with Crippen molar-refractivity contribution in [1.82, 2.24) is 9.88 Å². The highest BCUT2D eigenvalue weighted by molar-refractivity contribution is 8.18. The summed E-state index contributed by atoms with van der Waals surface area (Å²) in [6, 6.07) is 29.0. The number of rotatable bonds is 4. The number of thioether (sulfide) groups is 1. The summed E-state index contributed by atoms with van der Waals surface area (Å²) in [6.45, 7) is 0.727. The molecule has 0 atom stereocenters. The lowest BCUT2D eigenvalue weighted by atomic mass is 10.1. The number of halogens is 1. The van der Waals surface area contributed by atoms with E-state index < -0.39 is 0 Å². The van der Waals surface area contributed by atoms with Crippen molar-refractivity contribution in [3.63, 3.8) is 0 Å². The minimum atomic E-state index is -0.322. The first-order valence-corrected chi connectivity index (χ1v) is 12.0. The van der Waals surface area contributed by atoms with Gasteiger partial charge >= 0.3 is 0 Å². The Kier molecular flexibility index (Phi) is 5.43. The van der Waals surface area contributed by atoms with Crippen molar-refractivity contribution in [2.24, 2.45) is 4.99 Å². The van der Waals surface area contributed by atoms with Gasteiger partial charge in [-0.15, -0.1) is 0 Å². The SMILES string of the molecule is O=C1NC(=Nc2ccc(F)cc2)S/C1=C/c1cn(Cc2ccc3ccccc3c2)c2ccccc12. The van der Waals surface area contributed by atoms with Gasteiger partial charge in [0.2, 0.25) is 0 Å². The number of amidine groups is 1. The molecule has 0 bridgehead atoms. The third kappa shape index (κ3) is 4.36. The molecule has 6 rings (SSSR count). The summed E-state index contributed by atoms with van der Waals surface area (Å²) in [5.41, 5.74) is 3.88. The lowest BCUT2D eigenvalue weighted by molar-refractivity contribution is -0.115. The summed E-state index contributed by atoms with van der Waals surface area (Å²) >= 11 is 1.28. The number of amides is 1. The zero-order chi connectivity index (χ0) is 23.8. The molecular weight excluding hydrogens is 457 g/mol. The maximum atomic E-state index is 13.2. The second-order valence-corrected chi connectivity index (χ2v) is 9.40. The normalized spacial score (nSPS) is 16.0. The summed E-state index contributed by atoms with van der Waals surface area (Å²) in [7, 11) is 0. The molecule has 0 aliphatic carbocycles. The average molecular weight is 478 g/mol. The van der Waals surface area contributed by atoms with E-state index in [1.807, 2.05) is 24.3 Å². The average Bonchev–Trinajstić information content (AvgIpc) is 3.40. The third-order valence-corrected chi connectivity index (χ3v) is 6.89. The maximum absolute atomic E-state index is 13.2. The van der Waals surface area contributed by atoms with Gasteiger partial charge in [0.25, 0.3) is 5.91 Å². The summed E-state index contributed by atoms with van der Waals surface area (Å²) in [6.07, 6.45) is 4.00. The summed E-state index contributed by atoms with van der Waals surface area (Å²) < 4.78 is 15.4. The van der Waals surface area contributed by atoms with Gasteiger partial charge in [-0.05, 0) is 70.6 Å². The van der Waals surface area contributed by atoms with Gasteiger partial charge < -0.3 is 9.88 Å². The van der Waals surface area contributed by atoms with Gasteiger partial charge in [0.15, 0.2) is 5.17 Å². The van der Waals surface area contributed by atoms with Gasteiger partial charge in [-0.25, -0.2) is 9.38 Å². The van der Waals surface area contributed by atoms with Crippen LogP contribution < -0.4 is 5.32 Å². The summed E-state index contributed by atoms with van der Waals surface area (Å²) in [4.78, 5) is 17.6. The first kappa shape index (κ1) is 21.4. The second-order valence-electron chi connectivity index (χ2n) is 8.37. The van der Waals surface area contributed by atoms with Crippen LogP contribution >= 0.6 is 11.8 Å². The predicted molar refractivity (Wildman–Crippen MR) is 142 cm³/mol. The van der Waals surface area contributed by atoms with Crippen molar-refractivity contribution in [3.05, 3.63) is 119 Å². The first-order valence-electron chi connectivity index (χ1n) is 11.2. The number of para-hydroxylation sites is 1. The molecule has 1 fully saturated rings. The molecule has 6 heteroatoms. The molecule has 4 nitrogen and oxygen atoms in total. The summed E-state index contributed by atoms with van der Waals surface area (Å²) in [5, 5.41) is 6.81. The molecule has 0 spiro atoms. The van der Waals surface area contributed by atoms with Crippen molar-refractivity contribution in [2.75, 3.05) is 0 Å². The lowest BCUT2D eigenvalue weighted by Gasteiger charge is -2.07. The van der Waals surface area contributed by atoms with E-state index in [9.17, 15) is 9.18 Å². The minimum absolute atomic E-state index is 0.192. The van der Waals surface area contributed by atoms with E-state index in [0.29, 0.717) is 15.8 Å². The third-order valence-electron chi connectivity index (χ3n) is 5.98. The standard InChI is InChI=1S/C29H20FN3OS/c30-23-11-13-24(14-12-23)31-29-32-28(34)27(35-29)16-22-18-33(26-8-4-3-7-25(22)26)17-19-9-10-20-5-1-2-6-21(20)15-19/h1-16,18H,17H2,(H,31,32,34)/b27-16+. The molecule has 4 aromatic carbocycles. The molecule has 0 saturated carbocycles. The van der Waals surface area contributed by atoms with Crippen molar-refractivity contribution < 1.29 is 9.18 Å². The Bertz CT molecular complexity index is 1650. The van der Waals surface area contributed by atoms with Crippen molar-refractivity contribution in [3.8, 4) is 0 Å². The highest BCUT2D eigenvalue weighted by Crippen LogP contribution is 2.31. The smallest absolute Gasteiger partial charge is 0.264 e. The highest BCUT2D eigenvalue weighted by Gasteiger charge is 2.24. The monoisotopic (exact) mass is 477 g/mol. The molecule has 2 heterocycles. The Hall–Kier alpha value is -4.16. The fraction of sp³-hybridized carbons (Fsp3) is 0.0345. The van der Waals surface area contributed by atoms with E-state index in [2.05, 4.69) is 69.6 Å². The van der Waals surface area contributed by atoms with Gasteiger partial charge in [-0.2, -0.15) is 0 Å². The number of hydrogen-bond acceptors (Lipinski definition) is 3. The van der Waals surface area contributed by atoms with Crippen LogP contribution in [0, 0.1) is 5.82 Å². The number of nitrogens with zero attached hydrogens (tertiary/aromatic N) is 2. The van der Waals surface area contributed by atoms with Crippen molar-refractivity contribution >= 4 is 56.3 Å². The lowest BCUT2D eigenvalue weighted by Crippen LogP contribution is -2.19. The number of benzene rings is 4. The van der Waals surface area contributed by atoms with E-state index in [0.717, 1.165) is 23.0 Å². The van der Waals surface area contributed by atoms with Gasteiger partial charge in [0, 0.05) is 29.2 Å². The molecular formula is C29H20FN3OS. The molecule has 1 amide bonds. The molecule has 1 N–H and O–H groups in total. The van der Waals surface area contributed by atoms with E-state index in [1.54, 1.807) is 12.1 Å². The van der Waals surface area contributed by atoms with Crippen molar-refractivity contribution in [1.29, 1.82) is 0 Å². The molecule has 1 aliphatic rings. The molecule has 1 aromatic heterocycles. The van der Waals surface area contributed by atoms with Gasteiger partial charge in [-0.3, -0.25) is 4.79 Å². The van der Waals surface area contributed by atoms with Crippen LogP contribution in [0.25, 0.3) is 27.8 Å². The quantitative estimate of drug-likeness (QED) is 0.287. The fourth-order valence-corrected chi connectivity index (χ4v) is 5.14. The van der Waals surface area contributed by atoms with E-state index >= 15 is 0 Å². The molecule has 35 heavy (non-hydrogen) atoms. The predicted octanol–water partition coefficient (Wildman–Crippen LogP) is 6.87. The van der Waals surface area contributed by atoms with Crippen LogP contribution in [-0.4, -0.2) is 15.6 Å². The number of nitrogens with one attached hydrogen (secondary N) is 1. The molecule has 0 unspecified atom stereocenters. The highest BCUT2D eigenvalue weighted by atomic mass is 32.2. The molecule has 5 aromatic rings. The molecule has 170 valence electrons. The van der Waals surface area contributed by atoms with Gasteiger partial charge in [0.1, 0.15) is 5.82 Å². The Morgan fingerprint density at radius 2 is 1.69 bits per heavy atom. The minimum Gasteiger partial charge on any atom is -0.342 e. The van der Waals surface area contributed by atoms with Crippen LogP contribution in [0.15, 0.2) is 107 Å². The van der Waals surface area contributed by atoms with E-state index in [4.69, 9.17) is 0 Å². The zero-order valence-electron chi connectivity index (χ0n) is 18.6. The molecule has 0 radical (unpaired) electrons. The Balaban J connectivity index is 1.32. The Morgan fingerprint density at radius 1 is 0.914 bits per heavy atom. The second kappa shape index (κ2) is 8.89. The maximum Gasteiger partial charge on any atom is 0.264 e. The van der Waals surface area contributed by atoms with Crippen LogP contribution in [-0.2, 0) is 11.3 Å². The fourth-order valence-electron chi connectivity index (χ4n) is 4.31. The number of hydrogen-bond donors (Lipinski definition) is 1. The van der Waals surface area contributed by atoms with Crippen LogP contribution in [0.3, 0.4) is 0 Å². The Labute approximate surface area is 205 Å². The van der Waals surface area contributed by atoms with Crippen LogP contribution in [0.4, 0.5) is 10.1 Å². The number of aliphatic imine (C=N–C) groups is 1. The number of carbonyl (C=O) groups excluding carboxylic acids is 1. The number of aromatic nitrogens is 1. The van der Waals surface area contributed by atoms with Gasteiger partial charge in [0.05, 0.1) is 10.6 Å². The Morgan fingerprint density at radius 3 is 2.54 bits per heavy atom. The van der Waals surface area contributed by atoms with Crippen molar-refractivity contribution in [2.45, 2.75) is 6.54 Å². The largest absolute Gasteiger partial charge is 0.342 e. The number of carbonyl (C=O) groups is 1. The molecule has 1 aliphatic heterocycles. The van der Waals surface area contributed by atoms with Gasteiger partial charge in [-0.1, -0.05) is 54.6 Å². The van der Waals surface area contributed by atoms with Crippen LogP contribution in [0.2, 0.25) is 0 Å². The van der Waals surface area contributed by atoms with Crippen LogP contribution in [0.5, 0.6) is 0 Å². The van der Waals surface area contributed by atoms with E-state index in [-0.39, 0.29) is 11.7 Å². The zero-order valence-corrected chi connectivity index (χ0v) is 19.4. The van der Waals surface area contributed by atoms with Crippen LogP contribution in [0.1, 0.15) is 11.1 Å². The topological polar surface area (TPSA) is 46.4 Å². The molecule has 1 saturated heterocycles. The number of fused-ring (bicyclic) bond motifs is 2. The van der Waals surface area contributed by atoms with E-state index in [1.165, 1.54) is 40.2 Å². The summed E-state index contributed by atoms with van der Waals surface area (Å²) in [5.74, 6) is -0.514.